The summed E-state index contributed by atoms with van der Waals surface area (Å²) in [7, 11) is -3.28. The lowest BCUT2D eigenvalue weighted by molar-refractivity contribution is 0.0985. The van der Waals surface area contributed by atoms with Crippen molar-refractivity contribution in [1.82, 2.24) is 15.0 Å². The average Bonchev–Trinajstić information content (AvgIpc) is 3.41. The molecule has 1 N–H and O–H groups in total. The van der Waals surface area contributed by atoms with Gasteiger partial charge in [0.05, 0.1) is 24.9 Å². The maximum absolute atomic E-state index is 12.6. The first-order valence-corrected chi connectivity index (χ1v) is 12.2. The van der Waals surface area contributed by atoms with Crippen LogP contribution in [0.2, 0.25) is 0 Å². The van der Waals surface area contributed by atoms with Crippen molar-refractivity contribution in [3.05, 3.63) is 41.7 Å². The highest BCUT2D eigenvalue weighted by Gasteiger charge is 2.55. The van der Waals surface area contributed by atoms with E-state index in [4.69, 9.17) is 14.7 Å². The van der Waals surface area contributed by atoms with Crippen LogP contribution < -0.4 is 4.90 Å². The quantitative estimate of drug-likeness (QED) is 0.689. The van der Waals surface area contributed by atoms with Crippen molar-refractivity contribution in [1.29, 1.82) is 0 Å². The van der Waals surface area contributed by atoms with Gasteiger partial charge >= 0.3 is 0 Å². The first-order chi connectivity index (χ1) is 14.3. The number of benzene rings is 1. The lowest BCUT2D eigenvalue weighted by Gasteiger charge is -2.34. The number of fused-ring (bicyclic) bond motifs is 1. The molecule has 1 aliphatic carbocycles. The summed E-state index contributed by atoms with van der Waals surface area (Å²) in [6, 6.07) is 8.21. The third-order valence-corrected chi connectivity index (χ3v) is 8.35. The molecule has 0 unspecified atom stereocenters. The van der Waals surface area contributed by atoms with Gasteiger partial charge in [0.2, 0.25) is 0 Å². The zero-order valence-electron chi connectivity index (χ0n) is 17.5. The number of H-pyrrole nitrogens is 1. The summed E-state index contributed by atoms with van der Waals surface area (Å²) in [5.41, 5.74) is 3.64. The van der Waals surface area contributed by atoms with Crippen LogP contribution in [0.1, 0.15) is 31.0 Å². The van der Waals surface area contributed by atoms with Gasteiger partial charge in [-0.1, -0.05) is 0 Å². The number of nitrogens with zero attached hydrogens (tertiary/aromatic N) is 3. The highest BCUT2D eigenvalue weighted by Crippen LogP contribution is 2.52. The van der Waals surface area contributed by atoms with E-state index < -0.39 is 14.6 Å². The molecule has 7 nitrogen and oxygen atoms in total. The van der Waals surface area contributed by atoms with Crippen molar-refractivity contribution in [2.75, 3.05) is 30.9 Å². The molecule has 5 rings (SSSR count). The number of morpholine rings is 1. The average molecular weight is 427 g/mol. The van der Waals surface area contributed by atoms with Gasteiger partial charge in [-0.05, 0) is 50.5 Å². The molecule has 3 heterocycles. The summed E-state index contributed by atoms with van der Waals surface area (Å²) >= 11 is 0. The van der Waals surface area contributed by atoms with Gasteiger partial charge in [-0.3, -0.25) is 0 Å². The molecule has 0 bridgehead atoms. The van der Waals surface area contributed by atoms with Crippen LogP contribution in [0.15, 0.2) is 30.5 Å². The van der Waals surface area contributed by atoms with Crippen LogP contribution in [-0.2, 0) is 19.3 Å². The molecular weight excluding hydrogens is 400 g/mol. The Morgan fingerprint density at radius 2 is 2.03 bits per heavy atom. The predicted octanol–water partition coefficient (Wildman–Crippen LogP) is 3.19. The van der Waals surface area contributed by atoms with Crippen LogP contribution in [0.5, 0.6) is 0 Å². The Hall–Kier alpha value is -2.45. The Morgan fingerprint density at radius 3 is 2.73 bits per heavy atom. The van der Waals surface area contributed by atoms with Gasteiger partial charge < -0.3 is 14.6 Å². The van der Waals surface area contributed by atoms with Gasteiger partial charge in [0.15, 0.2) is 15.7 Å². The number of aryl methyl sites for hydroxylation is 1. The summed E-state index contributed by atoms with van der Waals surface area (Å²) in [6.45, 7) is 6.11. The molecule has 1 atom stereocenters. The Balaban J connectivity index is 1.74. The summed E-state index contributed by atoms with van der Waals surface area (Å²) in [4.78, 5) is 15.2. The molecule has 1 aromatic carbocycles. The normalized spacial score (nSPS) is 21.2. The van der Waals surface area contributed by atoms with Crippen LogP contribution >= 0.6 is 0 Å². The second-order valence-electron chi connectivity index (χ2n) is 8.57. The van der Waals surface area contributed by atoms with E-state index in [-0.39, 0.29) is 6.04 Å². The van der Waals surface area contributed by atoms with E-state index in [1.807, 2.05) is 25.3 Å². The fraction of sp³-hybridized carbons (Fsp3) is 0.455. The van der Waals surface area contributed by atoms with Gasteiger partial charge in [-0.2, -0.15) is 0 Å². The number of sulfone groups is 1. The monoisotopic (exact) mass is 426 g/mol. The number of hydrogen-bond donors (Lipinski definition) is 1. The summed E-state index contributed by atoms with van der Waals surface area (Å²) in [5, 5.41) is 1.03. The molecule has 30 heavy (non-hydrogen) atoms. The number of ether oxygens (including phenoxy) is 1. The second kappa shape index (κ2) is 6.78. The van der Waals surface area contributed by atoms with Crippen LogP contribution in [0.25, 0.3) is 22.3 Å². The summed E-state index contributed by atoms with van der Waals surface area (Å²) in [6.07, 6.45) is 4.43. The minimum atomic E-state index is -3.28. The van der Waals surface area contributed by atoms with Gasteiger partial charge in [0.1, 0.15) is 10.6 Å². The zero-order chi connectivity index (χ0) is 21.1. The van der Waals surface area contributed by atoms with E-state index in [0.29, 0.717) is 37.6 Å². The van der Waals surface area contributed by atoms with Crippen molar-refractivity contribution in [3.63, 3.8) is 0 Å². The molecular formula is C22H26N4O3S. The van der Waals surface area contributed by atoms with Gasteiger partial charge in [-0.15, -0.1) is 0 Å². The fourth-order valence-corrected chi connectivity index (χ4v) is 5.76. The van der Waals surface area contributed by atoms with Crippen molar-refractivity contribution in [2.45, 2.75) is 37.5 Å². The summed E-state index contributed by atoms with van der Waals surface area (Å²) in [5.74, 6) is 1.34. The number of hydrogen-bond acceptors (Lipinski definition) is 6. The standard InChI is InChI=1S/C22H26N4O3S/c1-14-10-17(16-4-7-23-18(16)11-14)21-24-19(22(5-6-22)30(3,27)28)12-20(25-21)26-8-9-29-13-15(26)2/h4,7,10-12,15,23H,5-6,8-9,13H2,1-3H3/t15-/m1/s1. The third-order valence-electron chi connectivity index (χ3n) is 6.31. The Morgan fingerprint density at radius 1 is 1.23 bits per heavy atom. The van der Waals surface area contributed by atoms with E-state index >= 15 is 0 Å². The molecule has 0 spiro atoms. The maximum atomic E-state index is 12.6. The highest BCUT2D eigenvalue weighted by molar-refractivity contribution is 7.91. The first kappa shape index (κ1) is 19.5. The van der Waals surface area contributed by atoms with Crippen molar-refractivity contribution < 1.29 is 13.2 Å². The molecule has 0 radical (unpaired) electrons. The van der Waals surface area contributed by atoms with Crippen LogP contribution in [-0.4, -0.2) is 55.4 Å². The Bertz CT molecular complexity index is 1230. The second-order valence-corrected chi connectivity index (χ2v) is 10.9. The Kier molecular flexibility index (Phi) is 4.41. The van der Waals surface area contributed by atoms with E-state index in [2.05, 4.69) is 28.9 Å². The molecule has 8 heteroatoms. The zero-order valence-corrected chi connectivity index (χ0v) is 18.3. The lowest BCUT2D eigenvalue weighted by atomic mass is 10.1. The molecule has 2 aromatic heterocycles. The van der Waals surface area contributed by atoms with E-state index in [1.54, 1.807) is 0 Å². The molecule has 2 fully saturated rings. The molecule has 1 saturated carbocycles. The lowest BCUT2D eigenvalue weighted by Crippen LogP contribution is -2.44. The molecule has 3 aromatic rings. The SMILES string of the molecule is Cc1cc(-c2nc(N3CCOC[C@H]3C)cc(C3(S(C)(=O)=O)CC3)n2)c2cc[nH]c2c1. The summed E-state index contributed by atoms with van der Waals surface area (Å²) < 4.78 is 30.0. The van der Waals surface area contributed by atoms with Crippen molar-refractivity contribution >= 4 is 26.6 Å². The van der Waals surface area contributed by atoms with Crippen molar-refractivity contribution in [3.8, 4) is 11.4 Å². The minimum Gasteiger partial charge on any atom is -0.377 e. The number of aromatic amines is 1. The molecule has 1 saturated heterocycles. The number of aromatic nitrogens is 3. The smallest absolute Gasteiger partial charge is 0.162 e. The van der Waals surface area contributed by atoms with Gasteiger partial charge in [0.25, 0.3) is 0 Å². The molecule has 0 amide bonds. The van der Waals surface area contributed by atoms with Gasteiger partial charge in [0, 0.05) is 41.5 Å². The van der Waals surface area contributed by atoms with Crippen LogP contribution in [0, 0.1) is 6.92 Å². The Labute approximate surface area is 176 Å². The minimum absolute atomic E-state index is 0.160. The van der Waals surface area contributed by atoms with Gasteiger partial charge in [-0.25, -0.2) is 18.4 Å². The number of nitrogens with one attached hydrogen (secondary N) is 1. The predicted molar refractivity (Wildman–Crippen MR) is 117 cm³/mol. The number of anilines is 1. The van der Waals surface area contributed by atoms with E-state index in [0.717, 1.165) is 34.4 Å². The molecule has 2 aliphatic rings. The van der Waals surface area contributed by atoms with Crippen LogP contribution in [0.4, 0.5) is 5.82 Å². The maximum Gasteiger partial charge on any atom is 0.162 e. The van der Waals surface area contributed by atoms with Crippen molar-refractivity contribution in [2.24, 2.45) is 0 Å². The third kappa shape index (κ3) is 3.09. The van der Waals surface area contributed by atoms with E-state index in [1.165, 1.54) is 6.26 Å². The number of rotatable bonds is 4. The first-order valence-electron chi connectivity index (χ1n) is 10.3. The fourth-order valence-electron chi connectivity index (χ4n) is 4.43. The molecule has 1 aliphatic heterocycles. The van der Waals surface area contributed by atoms with E-state index in [9.17, 15) is 8.42 Å². The topological polar surface area (TPSA) is 88.2 Å². The largest absolute Gasteiger partial charge is 0.377 e. The highest BCUT2D eigenvalue weighted by atomic mass is 32.2. The molecule has 158 valence electrons. The van der Waals surface area contributed by atoms with Crippen LogP contribution in [0.3, 0.4) is 0 Å².